The Hall–Kier alpha value is -1.40. The highest BCUT2D eigenvalue weighted by Crippen LogP contribution is 2.15. The van der Waals surface area contributed by atoms with Crippen molar-refractivity contribution in [2.45, 2.75) is 32.9 Å². The fourth-order valence-corrected chi connectivity index (χ4v) is 2.30. The van der Waals surface area contributed by atoms with Crippen molar-refractivity contribution in [3.8, 4) is 0 Å². The predicted molar refractivity (Wildman–Crippen MR) is 70.0 cm³/mol. The third-order valence-electron chi connectivity index (χ3n) is 3.33. The molecule has 6 nitrogen and oxygen atoms in total. The van der Waals surface area contributed by atoms with E-state index in [1.807, 2.05) is 6.92 Å². The molecule has 0 aromatic carbocycles. The zero-order chi connectivity index (χ0) is 13.8. The summed E-state index contributed by atoms with van der Waals surface area (Å²) in [4.78, 5) is 14.2. The van der Waals surface area contributed by atoms with Gasteiger partial charge in [-0.2, -0.15) is 5.10 Å². The lowest BCUT2D eigenvalue weighted by Crippen LogP contribution is -2.50. The maximum Gasteiger partial charge on any atom is 0.257 e. The minimum absolute atomic E-state index is 0.0674. The van der Waals surface area contributed by atoms with E-state index in [1.54, 1.807) is 15.8 Å². The molecule has 1 aromatic rings. The van der Waals surface area contributed by atoms with E-state index in [0.717, 1.165) is 18.7 Å². The van der Waals surface area contributed by atoms with Crippen molar-refractivity contribution in [3.05, 3.63) is 17.5 Å². The Morgan fingerprint density at radius 2 is 2.42 bits per heavy atom. The molecule has 1 aliphatic heterocycles. The fraction of sp³-hybridized carbons (Fsp3) is 0.692. The first-order valence-corrected chi connectivity index (χ1v) is 6.71. The van der Waals surface area contributed by atoms with Gasteiger partial charge in [-0.15, -0.1) is 0 Å². The summed E-state index contributed by atoms with van der Waals surface area (Å²) in [6.07, 6.45) is 2.77. The maximum absolute atomic E-state index is 12.5. The van der Waals surface area contributed by atoms with Crippen molar-refractivity contribution in [3.63, 3.8) is 0 Å². The topological polar surface area (TPSA) is 67.6 Å². The molecular formula is C13H21N3O3. The summed E-state index contributed by atoms with van der Waals surface area (Å²) in [7, 11) is 0. The molecule has 2 rings (SSSR count). The minimum Gasteiger partial charge on any atom is -0.394 e. The summed E-state index contributed by atoms with van der Waals surface area (Å²) in [5.41, 5.74) is 1.36. The van der Waals surface area contributed by atoms with E-state index in [9.17, 15) is 9.90 Å². The number of aliphatic hydroxyl groups is 1. The molecule has 106 valence electrons. The van der Waals surface area contributed by atoms with Crippen LogP contribution in [0.1, 0.15) is 29.4 Å². The van der Waals surface area contributed by atoms with E-state index in [2.05, 4.69) is 12.0 Å². The molecule has 1 atom stereocenters. The number of morpholine rings is 1. The molecule has 6 heteroatoms. The quantitative estimate of drug-likeness (QED) is 0.859. The lowest BCUT2D eigenvalue weighted by Gasteiger charge is -2.34. The summed E-state index contributed by atoms with van der Waals surface area (Å²) >= 11 is 0. The number of ether oxygens (including phenoxy) is 1. The number of amides is 1. The van der Waals surface area contributed by atoms with Crippen LogP contribution >= 0.6 is 0 Å². The minimum atomic E-state index is -0.254. The van der Waals surface area contributed by atoms with Gasteiger partial charge in [0.05, 0.1) is 37.1 Å². The second kappa shape index (κ2) is 6.16. The Bertz CT molecular complexity index is 444. The van der Waals surface area contributed by atoms with Gasteiger partial charge in [-0.3, -0.25) is 9.48 Å². The van der Waals surface area contributed by atoms with E-state index in [4.69, 9.17) is 4.74 Å². The van der Waals surface area contributed by atoms with Gasteiger partial charge in [-0.25, -0.2) is 0 Å². The molecule has 0 radical (unpaired) electrons. The van der Waals surface area contributed by atoms with Crippen molar-refractivity contribution in [1.29, 1.82) is 0 Å². The summed E-state index contributed by atoms with van der Waals surface area (Å²) in [5.74, 6) is -0.0674. The van der Waals surface area contributed by atoms with Crippen LogP contribution in [0, 0.1) is 6.92 Å². The van der Waals surface area contributed by atoms with Crippen LogP contribution in [0.2, 0.25) is 0 Å². The Kier molecular flexibility index (Phi) is 4.55. The molecule has 0 bridgehead atoms. The molecule has 0 aliphatic carbocycles. The lowest BCUT2D eigenvalue weighted by molar-refractivity contribution is -0.0184. The molecule has 1 fully saturated rings. The average molecular weight is 267 g/mol. The van der Waals surface area contributed by atoms with Crippen LogP contribution in [0.4, 0.5) is 0 Å². The van der Waals surface area contributed by atoms with Crippen molar-refractivity contribution >= 4 is 5.91 Å². The van der Waals surface area contributed by atoms with E-state index in [0.29, 0.717) is 25.3 Å². The number of hydrogen-bond acceptors (Lipinski definition) is 4. The molecule has 1 aromatic heterocycles. The van der Waals surface area contributed by atoms with Gasteiger partial charge in [0.15, 0.2) is 0 Å². The Morgan fingerprint density at radius 3 is 3.11 bits per heavy atom. The van der Waals surface area contributed by atoms with Crippen LogP contribution < -0.4 is 0 Å². The highest BCUT2D eigenvalue weighted by atomic mass is 16.5. The Morgan fingerprint density at radius 1 is 1.63 bits per heavy atom. The number of aromatic nitrogens is 2. The van der Waals surface area contributed by atoms with Gasteiger partial charge >= 0.3 is 0 Å². The number of nitrogens with zero attached hydrogens (tertiary/aromatic N) is 3. The third-order valence-corrected chi connectivity index (χ3v) is 3.33. The fourth-order valence-electron chi connectivity index (χ4n) is 2.30. The van der Waals surface area contributed by atoms with Gasteiger partial charge in [-0.1, -0.05) is 6.92 Å². The smallest absolute Gasteiger partial charge is 0.257 e. The highest BCUT2D eigenvalue weighted by Gasteiger charge is 2.29. The van der Waals surface area contributed by atoms with Crippen LogP contribution in [-0.4, -0.2) is 58.1 Å². The zero-order valence-electron chi connectivity index (χ0n) is 11.5. The molecule has 1 amide bonds. The van der Waals surface area contributed by atoms with Gasteiger partial charge in [0.1, 0.15) is 0 Å². The highest BCUT2D eigenvalue weighted by molar-refractivity contribution is 5.95. The average Bonchev–Trinajstić information content (AvgIpc) is 2.79. The van der Waals surface area contributed by atoms with Crippen LogP contribution in [0.5, 0.6) is 0 Å². The predicted octanol–water partition coefficient (Wildman–Crippen LogP) is 0.435. The number of carbonyl (C=O) groups excluding carboxylic acids is 1. The largest absolute Gasteiger partial charge is 0.394 e. The van der Waals surface area contributed by atoms with E-state index < -0.39 is 0 Å². The van der Waals surface area contributed by atoms with Crippen LogP contribution in [0.25, 0.3) is 0 Å². The molecule has 1 saturated heterocycles. The van der Waals surface area contributed by atoms with Crippen molar-refractivity contribution in [2.75, 3.05) is 26.4 Å². The Labute approximate surface area is 113 Å². The second-order valence-corrected chi connectivity index (χ2v) is 4.80. The number of aryl methyl sites for hydroxylation is 2. The standard InChI is InChI=1S/C13H21N3O3/c1-3-4-15-7-12(10(2)14-15)13(18)16-5-6-19-9-11(16)8-17/h7,11,17H,3-6,8-9H2,1-2H3/t11-/m0/s1. The molecule has 0 saturated carbocycles. The van der Waals surface area contributed by atoms with Gasteiger partial charge in [-0.05, 0) is 13.3 Å². The summed E-state index contributed by atoms with van der Waals surface area (Å²) < 4.78 is 7.09. The molecule has 2 heterocycles. The van der Waals surface area contributed by atoms with Gasteiger partial charge in [0.25, 0.3) is 5.91 Å². The third kappa shape index (κ3) is 2.96. The maximum atomic E-state index is 12.5. The number of rotatable bonds is 4. The normalized spacial score (nSPS) is 19.7. The first-order chi connectivity index (χ1) is 9.17. The molecule has 19 heavy (non-hydrogen) atoms. The molecular weight excluding hydrogens is 246 g/mol. The second-order valence-electron chi connectivity index (χ2n) is 4.80. The Balaban J connectivity index is 2.17. The van der Waals surface area contributed by atoms with Crippen LogP contribution in [-0.2, 0) is 11.3 Å². The zero-order valence-corrected chi connectivity index (χ0v) is 11.5. The van der Waals surface area contributed by atoms with E-state index >= 15 is 0 Å². The van der Waals surface area contributed by atoms with Crippen molar-refractivity contribution < 1.29 is 14.6 Å². The first kappa shape index (κ1) is 14.0. The van der Waals surface area contributed by atoms with Crippen LogP contribution in [0.15, 0.2) is 6.20 Å². The first-order valence-electron chi connectivity index (χ1n) is 6.71. The summed E-state index contributed by atoms with van der Waals surface area (Å²) in [5, 5.41) is 13.7. The van der Waals surface area contributed by atoms with E-state index in [-0.39, 0.29) is 18.6 Å². The molecule has 1 aliphatic rings. The van der Waals surface area contributed by atoms with Crippen molar-refractivity contribution in [1.82, 2.24) is 14.7 Å². The van der Waals surface area contributed by atoms with Gasteiger partial charge in [0, 0.05) is 19.3 Å². The summed E-state index contributed by atoms with van der Waals surface area (Å²) in [6.45, 7) is 6.07. The number of aliphatic hydroxyl groups excluding tert-OH is 1. The summed E-state index contributed by atoms with van der Waals surface area (Å²) in [6, 6.07) is -0.254. The van der Waals surface area contributed by atoms with Crippen LogP contribution in [0.3, 0.4) is 0 Å². The van der Waals surface area contributed by atoms with Crippen molar-refractivity contribution in [2.24, 2.45) is 0 Å². The van der Waals surface area contributed by atoms with Gasteiger partial charge in [0.2, 0.25) is 0 Å². The van der Waals surface area contributed by atoms with E-state index in [1.165, 1.54) is 0 Å². The molecule has 1 N–H and O–H groups in total. The lowest BCUT2D eigenvalue weighted by atomic mass is 10.1. The monoisotopic (exact) mass is 267 g/mol. The molecule has 0 spiro atoms. The number of hydrogen-bond donors (Lipinski definition) is 1. The van der Waals surface area contributed by atoms with Gasteiger partial charge < -0.3 is 14.7 Å². The SMILES string of the molecule is CCCn1cc(C(=O)N2CCOC[C@@H]2CO)c(C)n1. The molecule has 0 unspecified atom stereocenters. The number of carbonyl (C=O) groups is 1.